The van der Waals surface area contributed by atoms with Gasteiger partial charge in [0.1, 0.15) is 11.6 Å². The van der Waals surface area contributed by atoms with E-state index in [9.17, 15) is 9.18 Å². The molecule has 2 aromatic carbocycles. The molecule has 1 saturated heterocycles. The Labute approximate surface area is 152 Å². The Morgan fingerprint density at radius 2 is 1.85 bits per heavy atom. The van der Waals surface area contributed by atoms with Crippen molar-refractivity contribution in [1.82, 2.24) is 14.9 Å². The van der Waals surface area contributed by atoms with Crippen LogP contribution in [-0.4, -0.2) is 33.9 Å². The molecule has 4 rings (SSSR count). The second-order valence-electron chi connectivity index (χ2n) is 6.89. The smallest absolute Gasteiger partial charge is 0.222 e. The highest BCUT2D eigenvalue weighted by atomic mass is 19.1. The number of H-pyrrole nitrogens is 1. The highest BCUT2D eigenvalue weighted by molar-refractivity contribution is 5.77. The van der Waals surface area contributed by atoms with Crippen LogP contribution in [0.5, 0.6) is 0 Å². The van der Waals surface area contributed by atoms with E-state index in [-0.39, 0.29) is 11.7 Å². The molecule has 1 N–H and O–H groups in total. The Hall–Kier alpha value is -2.69. The molecule has 0 atom stereocenters. The molecule has 1 aliphatic rings. The highest BCUT2D eigenvalue weighted by Crippen LogP contribution is 2.28. The lowest BCUT2D eigenvalue weighted by Gasteiger charge is -2.31. The average Bonchev–Trinajstić information content (AvgIpc) is 3.11. The number of hydrogen-bond donors (Lipinski definition) is 1. The Balaban J connectivity index is 1.33. The van der Waals surface area contributed by atoms with Crippen molar-refractivity contribution in [2.24, 2.45) is 0 Å². The van der Waals surface area contributed by atoms with Gasteiger partial charge in [-0.05, 0) is 43.0 Å². The van der Waals surface area contributed by atoms with Crippen LogP contribution in [0, 0.1) is 5.82 Å². The maximum Gasteiger partial charge on any atom is 0.222 e. The van der Waals surface area contributed by atoms with Crippen LogP contribution in [0.3, 0.4) is 0 Å². The zero-order chi connectivity index (χ0) is 17.9. The van der Waals surface area contributed by atoms with Crippen LogP contribution < -0.4 is 0 Å². The molecule has 134 valence electrons. The molecule has 2 heterocycles. The summed E-state index contributed by atoms with van der Waals surface area (Å²) < 4.78 is 13.7. The number of benzene rings is 2. The predicted molar refractivity (Wildman–Crippen MR) is 99.4 cm³/mol. The molecule has 5 heteroatoms. The van der Waals surface area contributed by atoms with Gasteiger partial charge in [0.15, 0.2) is 0 Å². The van der Waals surface area contributed by atoms with Crippen molar-refractivity contribution in [3.05, 3.63) is 65.7 Å². The van der Waals surface area contributed by atoms with Crippen LogP contribution in [-0.2, 0) is 11.2 Å². The fraction of sp³-hybridized carbons (Fsp3) is 0.333. The fourth-order valence-corrected chi connectivity index (χ4v) is 3.67. The maximum atomic E-state index is 13.7. The number of nitrogens with one attached hydrogen (secondary N) is 1. The number of nitrogens with zero attached hydrogens (tertiary/aromatic N) is 2. The van der Waals surface area contributed by atoms with Gasteiger partial charge in [0.2, 0.25) is 5.91 Å². The van der Waals surface area contributed by atoms with Crippen molar-refractivity contribution in [3.63, 3.8) is 0 Å². The molecule has 1 aliphatic heterocycles. The zero-order valence-corrected chi connectivity index (χ0v) is 14.6. The second-order valence-corrected chi connectivity index (χ2v) is 6.89. The molecular formula is C21H22FN3O. The Bertz CT molecular complexity index is 879. The Morgan fingerprint density at radius 1 is 1.12 bits per heavy atom. The summed E-state index contributed by atoms with van der Waals surface area (Å²) in [5.74, 6) is 1.25. The molecule has 0 spiro atoms. The molecule has 0 saturated carbocycles. The number of aromatic amines is 1. The first-order chi connectivity index (χ1) is 12.7. The number of carbonyl (C=O) groups is 1. The summed E-state index contributed by atoms with van der Waals surface area (Å²) in [7, 11) is 0. The summed E-state index contributed by atoms with van der Waals surface area (Å²) in [6, 6.07) is 14.7. The van der Waals surface area contributed by atoms with Crippen LogP contribution in [0.4, 0.5) is 4.39 Å². The molecule has 0 bridgehead atoms. The molecule has 0 aliphatic carbocycles. The third-order valence-corrected chi connectivity index (χ3v) is 5.21. The summed E-state index contributed by atoms with van der Waals surface area (Å²) in [5.41, 5.74) is 2.66. The molecule has 26 heavy (non-hydrogen) atoms. The van der Waals surface area contributed by atoms with Gasteiger partial charge < -0.3 is 9.88 Å². The molecule has 0 unspecified atom stereocenters. The molecule has 1 fully saturated rings. The van der Waals surface area contributed by atoms with Gasteiger partial charge in [-0.1, -0.05) is 30.3 Å². The van der Waals surface area contributed by atoms with Gasteiger partial charge in [0.25, 0.3) is 0 Å². The van der Waals surface area contributed by atoms with E-state index in [0.717, 1.165) is 42.8 Å². The van der Waals surface area contributed by atoms with Crippen LogP contribution in [0.25, 0.3) is 11.0 Å². The van der Waals surface area contributed by atoms with Crippen molar-refractivity contribution < 1.29 is 9.18 Å². The first kappa shape index (κ1) is 16.8. The molecular weight excluding hydrogens is 329 g/mol. The number of halogens is 1. The van der Waals surface area contributed by atoms with Crippen LogP contribution >= 0.6 is 0 Å². The number of aromatic nitrogens is 2. The topological polar surface area (TPSA) is 49.0 Å². The molecule has 1 aromatic heterocycles. The van der Waals surface area contributed by atoms with E-state index in [4.69, 9.17) is 4.98 Å². The molecule has 4 nitrogen and oxygen atoms in total. The van der Waals surface area contributed by atoms with Gasteiger partial charge in [0.05, 0.1) is 11.0 Å². The minimum Gasteiger partial charge on any atom is -0.343 e. The number of hydrogen-bond acceptors (Lipinski definition) is 2. The lowest BCUT2D eigenvalue weighted by molar-refractivity contribution is -0.132. The van der Waals surface area contributed by atoms with Crippen molar-refractivity contribution in [1.29, 1.82) is 0 Å². The second kappa shape index (κ2) is 7.28. The molecule has 3 aromatic rings. The zero-order valence-electron chi connectivity index (χ0n) is 14.6. The SMILES string of the molecule is O=C(CCc1ccccc1F)N1CCC(c2nc3ccccc3[nH]2)CC1. The maximum absolute atomic E-state index is 13.7. The third-order valence-electron chi connectivity index (χ3n) is 5.21. The Kier molecular flexibility index (Phi) is 4.69. The number of likely N-dealkylation sites (tertiary alicyclic amines) is 1. The Morgan fingerprint density at radius 3 is 2.62 bits per heavy atom. The lowest BCUT2D eigenvalue weighted by Crippen LogP contribution is -2.38. The van der Waals surface area contributed by atoms with Crippen molar-refractivity contribution in [3.8, 4) is 0 Å². The number of imidazole rings is 1. The summed E-state index contributed by atoms with van der Waals surface area (Å²) in [6.45, 7) is 1.47. The number of para-hydroxylation sites is 2. The van der Waals surface area contributed by atoms with Crippen molar-refractivity contribution >= 4 is 16.9 Å². The number of carbonyl (C=O) groups excluding carboxylic acids is 1. The van der Waals surface area contributed by atoms with Gasteiger partial charge in [0, 0.05) is 25.4 Å². The van der Waals surface area contributed by atoms with Crippen molar-refractivity contribution in [2.75, 3.05) is 13.1 Å². The normalized spacial score (nSPS) is 15.5. The van der Waals surface area contributed by atoms with E-state index in [2.05, 4.69) is 4.98 Å². The minimum absolute atomic E-state index is 0.108. The first-order valence-electron chi connectivity index (χ1n) is 9.16. The fourth-order valence-electron chi connectivity index (χ4n) is 3.67. The van der Waals surface area contributed by atoms with Gasteiger partial charge in [-0.2, -0.15) is 0 Å². The molecule has 0 radical (unpaired) electrons. The third kappa shape index (κ3) is 3.47. The average molecular weight is 351 g/mol. The summed E-state index contributed by atoms with van der Waals surface area (Å²) in [5, 5.41) is 0. The standard InChI is InChI=1S/C21H22FN3O/c22-17-6-2-1-5-15(17)9-10-20(26)25-13-11-16(12-14-25)21-23-18-7-3-4-8-19(18)24-21/h1-8,16H,9-14H2,(H,23,24). The lowest BCUT2D eigenvalue weighted by atomic mass is 9.95. The van der Waals surface area contributed by atoms with Crippen molar-refractivity contribution in [2.45, 2.75) is 31.6 Å². The number of piperidine rings is 1. The summed E-state index contributed by atoms with van der Waals surface area (Å²) in [4.78, 5) is 22.4. The summed E-state index contributed by atoms with van der Waals surface area (Å²) >= 11 is 0. The van der Waals surface area contributed by atoms with E-state index in [1.165, 1.54) is 6.07 Å². The van der Waals surface area contributed by atoms with Gasteiger partial charge >= 0.3 is 0 Å². The highest BCUT2D eigenvalue weighted by Gasteiger charge is 2.25. The first-order valence-corrected chi connectivity index (χ1v) is 9.16. The molecule has 1 amide bonds. The van der Waals surface area contributed by atoms with E-state index in [1.54, 1.807) is 12.1 Å². The van der Waals surface area contributed by atoms with Gasteiger partial charge in [-0.25, -0.2) is 9.37 Å². The number of fused-ring (bicyclic) bond motifs is 1. The van der Waals surface area contributed by atoms with E-state index < -0.39 is 0 Å². The van der Waals surface area contributed by atoms with Crippen LogP contribution in [0.2, 0.25) is 0 Å². The largest absolute Gasteiger partial charge is 0.343 e. The summed E-state index contributed by atoms with van der Waals surface area (Å²) in [6.07, 6.45) is 2.63. The monoisotopic (exact) mass is 351 g/mol. The van der Waals surface area contributed by atoms with E-state index in [0.29, 0.717) is 24.3 Å². The number of rotatable bonds is 4. The van der Waals surface area contributed by atoms with Gasteiger partial charge in [-0.3, -0.25) is 4.79 Å². The minimum atomic E-state index is -0.233. The quantitative estimate of drug-likeness (QED) is 0.771. The van der Waals surface area contributed by atoms with Crippen LogP contribution in [0.1, 0.15) is 36.6 Å². The van der Waals surface area contributed by atoms with E-state index >= 15 is 0 Å². The van der Waals surface area contributed by atoms with Crippen LogP contribution in [0.15, 0.2) is 48.5 Å². The van der Waals surface area contributed by atoms with E-state index in [1.807, 2.05) is 35.2 Å². The number of amides is 1. The predicted octanol–water partition coefficient (Wildman–Crippen LogP) is 4.04. The van der Waals surface area contributed by atoms with Gasteiger partial charge in [-0.15, -0.1) is 0 Å². The number of aryl methyl sites for hydroxylation is 1.